The molecule has 0 aliphatic rings. The number of hydrogen-bond donors (Lipinski definition) is 2. The van der Waals surface area contributed by atoms with Crippen LogP contribution in [0, 0.1) is 23.3 Å². The van der Waals surface area contributed by atoms with Crippen molar-refractivity contribution in [3.63, 3.8) is 0 Å². The van der Waals surface area contributed by atoms with Crippen LogP contribution in [0.4, 0.5) is 30.7 Å². The minimum Gasteiger partial charge on any atom is -0.480 e. The number of benzene rings is 1. The second-order valence-electron chi connectivity index (χ2n) is 3.36. The maximum absolute atomic E-state index is 13.4. The Bertz CT molecular complexity index is 541. The van der Waals surface area contributed by atoms with Gasteiger partial charge in [0.05, 0.1) is 5.56 Å². The van der Waals surface area contributed by atoms with Gasteiger partial charge in [-0.3, -0.25) is 4.79 Å². The number of nitrogens with two attached hydrogens (primary N) is 1. The molecule has 0 saturated carbocycles. The summed E-state index contributed by atoms with van der Waals surface area (Å²) in [4.78, 5) is 10.4. The Balaban J connectivity index is 3.76. The number of carboxylic acid groups (broad SMARTS) is 1. The summed E-state index contributed by atoms with van der Waals surface area (Å²) in [5.74, 6) is -12.6. The van der Waals surface area contributed by atoms with Crippen molar-refractivity contribution in [1.29, 1.82) is 0 Å². The summed E-state index contributed by atoms with van der Waals surface area (Å²) >= 11 is 0. The summed E-state index contributed by atoms with van der Waals surface area (Å²) in [7, 11) is 0. The highest BCUT2D eigenvalue weighted by Crippen LogP contribution is 2.38. The summed E-state index contributed by atoms with van der Waals surface area (Å²) in [6.45, 7) is 0. The third-order valence-electron chi connectivity index (χ3n) is 2.16. The molecular formula is C9H4F7NO2. The Kier molecular flexibility index (Phi) is 3.75. The highest BCUT2D eigenvalue weighted by Gasteiger charge is 2.43. The third-order valence-corrected chi connectivity index (χ3v) is 2.16. The lowest BCUT2D eigenvalue weighted by Crippen LogP contribution is -2.27. The first-order valence-corrected chi connectivity index (χ1v) is 4.41. The van der Waals surface area contributed by atoms with Crippen LogP contribution in [-0.2, 0) is 11.0 Å². The number of rotatable bonds is 2. The zero-order valence-electron chi connectivity index (χ0n) is 8.66. The first kappa shape index (κ1) is 15.2. The predicted octanol–water partition coefficient (Wildman–Crippen LogP) is 2.35. The van der Waals surface area contributed by atoms with Crippen LogP contribution in [0.2, 0.25) is 0 Å². The van der Waals surface area contributed by atoms with E-state index in [1.54, 1.807) is 0 Å². The molecule has 0 spiro atoms. The third kappa shape index (κ3) is 2.48. The maximum Gasteiger partial charge on any atom is 0.422 e. The SMILES string of the molecule is N[C@H](C(=O)O)c1c(F)c(F)c(F)c(C(F)(F)F)c1F. The molecule has 1 atom stereocenters. The predicted molar refractivity (Wildman–Crippen MR) is 45.8 cm³/mol. The minimum absolute atomic E-state index is 1.90. The molecule has 10 heteroatoms. The van der Waals surface area contributed by atoms with Gasteiger partial charge in [-0.2, -0.15) is 13.2 Å². The Morgan fingerprint density at radius 3 is 1.84 bits per heavy atom. The molecule has 0 saturated heterocycles. The quantitative estimate of drug-likeness (QED) is 0.499. The monoisotopic (exact) mass is 291 g/mol. The number of carbonyl (C=O) groups is 1. The van der Waals surface area contributed by atoms with Crippen LogP contribution in [0.5, 0.6) is 0 Å². The van der Waals surface area contributed by atoms with E-state index in [-0.39, 0.29) is 0 Å². The topological polar surface area (TPSA) is 63.3 Å². The van der Waals surface area contributed by atoms with E-state index in [4.69, 9.17) is 10.8 Å². The van der Waals surface area contributed by atoms with Crippen molar-refractivity contribution in [1.82, 2.24) is 0 Å². The molecular weight excluding hydrogens is 287 g/mol. The lowest BCUT2D eigenvalue weighted by Gasteiger charge is -2.16. The lowest BCUT2D eigenvalue weighted by atomic mass is 10.0. The van der Waals surface area contributed by atoms with Gasteiger partial charge < -0.3 is 10.8 Å². The molecule has 1 rings (SSSR count). The van der Waals surface area contributed by atoms with Crippen LogP contribution in [0.1, 0.15) is 17.2 Å². The molecule has 0 amide bonds. The maximum atomic E-state index is 13.4. The molecule has 1 aromatic carbocycles. The smallest absolute Gasteiger partial charge is 0.422 e. The molecule has 0 unspecified atom stereocenters. The fourth-order valence-corrected chi connectivity index (χ4v) is 1.30. The molecule has 106 valence electrons. The number of alkyl halides is 3. The van der Waals surface area contributed by atoms with Crippen LogP contribution in [0.15, 0.2) is 0 Å². The molecule has 0 fully saturated rings. The van der Waals surface area contributed by atoms with Gasteiger partial charge in [0, 0.05) is 0 Å². The number of halogens is 7. The molecule has 0 aliphatic heterocycles. The van der Waals surface area contributed by atoms with Gasteiger partial charge in [-0.05, 0) is 0 Å². The van der Waals surface area contributed by atoms with Gasteiger partial charge in [0.15, 0.2) is 17.5 Å². The number of carboxylic acids is 1. The number of hydrogen-bond acceptors (Lipinski definition) is 2. The van der Waals surface area contributed by atoms with Crippen LogP contribution in [-0.4, -0.2) is 11.1 Å². The first-order valence-electron chi connectivity index (χ1n) is 4.41. The molecule has 3 N–H and O–H groups in total. The Morgan fingerprint density at radius 2 is 1.47 bits per heavy atom. The van der Waals surface area contributed by atoms with Crippen molar-refractivity contribution in [2.75, 3.05) is 0 Å². The van der Waals surface area contributed by atoms with Gasteiger partial charge in [-0.15, -0.1) is 0 Å². The van der Waals surface area contributed by atoms with Gasteiger partial charge >= 0.3 is 12.1 Å². The summed E-state index contributed by atoms with van der Waals surface area (Å²) in [5.41, 5.74) is 0.0928. The Labute approximate surface area is 100.0 Å². The fraction of sp³-hybridized carbons (Fsp3) is 0.222. The van der Waals surface area contributed by atoms with Crippen LogP contribution in [0.25, 0.3) is 0 Å². The molecule has 0 radical (unpaired) electrons. The average molecular weight is 291 g/mol. The van der Waals surface area contributed by atoms with Gasteiger partial charge in [0.1, 0.15) is 17.4 Å². The largest absolute Gasteiger partial charge is 0.480 e. The van der Waals surface area contributed by atoms with Gasteiger partial charge in [-0.25, -0.2) is 17.6 Å². The second-order valence-corrected chi connectivity index (χ2v) is 3.36. The van der Waals surface area contributed by atoms with E-state index in [0.717, 1.165) is 0 Å². The zero-order valence-corrected chi connectivity index (χ0v) is 8.66. The molecule has 1 aromatic rings. The van der Waals surface area contributed by atoms with E-state index in [9.17, 15) is 35.5 Å². The van der Waals surface area contributed by atoms with Crippen molar-refractivity contribution in [3.05, 3.63) is 34.4 Å². The molecule has 0 heterocycles. The van der Waals surface area contributed by atoms with Gasteiger partial charge in [0.2, 0.25) is 0 Å². The molecule has 19 heavy (non-hydrogen) atoms. The van der Waals surface area contributed by atoms with Gasteiger partial charge in [-0.1, -0.05) is 0 Å². The molecule has 0 bridgehead atoms. The van der Waals surface area contributed by atoms with Crippen molar-refractivity contribution < 1.29 is 40.6 Å². The van der Waals surface area contributed by atoms with Gasteiger partial charge in [0.25, 0.3) is 0 Å². The molecule has 3 nitrogen and oxygen atoms in total. The van der Waals surface area contributed by atoms with Crippen molar-refractivity contribution in [2.45, 2.75) is 12.2 Å². The van der Waals surface area contributed by atoms with E-state index in [2.05, 4.69) is 0 Å². The average Bonchev–Trinajstić information content (AvgIpc) is 2.24. The first-order chi connectivity index (χ1) is 8.50. The normalized spacial score (nSPS) is 13.5. The summed E-state index contributed by atoms with van der Waals surface area (Å²) in [6, 6.07) is -2.61. The summed E-state index contributed by atoms with van der Waals surface area (Å²) in [5, 5.41) is 8.38. The molecule has 0 aromatic heterocycles. The van der Waals surface area contributed by atoms with E-state index in [1.807, 2.05) is 0 Å². The Hall–Kier alpha value is -1.84. The summed E-state index contributed by atoms with van der Waals surface area (Å²) in [6.07, 6.45) is -5.68. The highest BCUT2D eigenvalue weighted by molar-refractivity contribution is 5.75. The van der Waals surface area contributed by atoms with Crippen LogP contribution < -0.4 is 5.73 Å². The van der Waals surface area contributed by atoms with Crippen LogP contribution >= 0.6 is 0 Å². The van der Waals surface area contributed by atoms with E-state index >= 15 is 0 Å². The second kappa shape index (κ2) is 4.68. The number of aliphatic carboxylic acids is 1. The highest BCUT2D eigenvalue weighted by atomic mass is 19.4. The fourth-order valence-electron chi connectivity index (χ4n) is 1.30. The van der Waals surface area contributed by atoms with Crippen LogP contribution in [0.3, 0.4) is 0 Å². The van der Waals surface area contributed by atoms with E-state index in [1.165, 1.54) is 0 Å². The summed E-state index contributed by atoms with van der Waals surface area (Å²) < 4.78 is 89.3. The van der Waals surface area contributed by atoms with E-state index in [0.29, 0.717) is 0 Å². The standard InChI is InChI=1S/C9H4F7NO2/c10-3-1(7(17)8(18)19)4(11)6(13)5(12)2(3)9(14,15)16/h7H,17H2,(H,18,19)/t7-/m0/s1. The van der Waals surface area contributed by atoms with Crippen molar-refractivity contribution >= 4 is 5.97 Å². The lowest BCUT2D eigenvalue weighted by molar-refractivity contribution is -0.144. The minimum atomic E-state index is -5.68. The Morgan fingerprint density at radius 1 is 1.00 bits per heavy atom. The van der Waals surface area contributed by atoms with Crippen molar-refractivity contribution in [2.24, 2.45) is 5.73 Å². The van der Waals surface area contributed by atoms with E-state index < -0.39 is 52.6 Å². The van der Waals surface area contributed by atoms with Crippen molar-refractivity contribution in [3.8, 4) is 0 Å². The zero-order chi connectivity index (χ0) is 15.1. The molecule has 0 aliphatic carbocycles.